The minimum absolute atomic E-state index is 0.0987. The Balaban J connectivity index is 1.63. The maximum absolute atomic E-state index is 12.9. The summed E-state index contributed by atoms with van der Waals surface area (Å²) in [6.07, 6.45) is -4.01. The Morgan fingerprint density at radius 2 is 1.61 bits per heavy atom. The molecule has 0 saturated carbocycles. The summed E-state index contributed by atoms with van der Waals surface area (Å²) in [5, 5.41) is 1.88. The summed E-state index contributed by atoms with van der Waals surface area (Å²) in [5.74, 6) is -3.27. The van der Waals surface area contributed by atoms with Gasteiger partial charge < -0.3 is 10.2 Å². The molecular weight excluding hydrogens is 415 g/mol. The van der Waals surface area contributed by atoms with Crippen LogP contribution in [0.4, 0.5) is 13.2 Å². The monoisotopic (exact) mass is 439 g/mol. The number of alkyl halides is 3. The summed E-state index contributed by atoms with van der Waals surface area (Å²) in [6.45, 7) is 5.80. The number of likely N-dealkylation sites (tertiary alicyclic amines) is 1. The van der Waals surface area contributed by atoms with Gasteiger partial charge in [0.15, 0.2) is 0 Å². The zero-order chi connectivity index (χ0) is 23.1. The van der Waals surface area contributed by atoms with Gasteiger partial charge in [-0.25, -0.2) is 0 Å². The molecule has 3 rings (SSSR count). The molecule has 1 aromatic carbocycles. The van der Waals surface area contributed by atoms with E-state index in [4.69, 9.17) is 0 Å². The van der Waals surface area contributed by atoms with Gasteiger partial charge in [0.05, 0.1) is 11.1 Å². The van der Waals surface area contributed by atoms with Gasteiger partial charge in [0.2, 0.25) is 0 Å². The Kier molecular flexibility index (Phi) is 5.86. The molecule has 168 valence electrons. The predicted octanol–water partition coefficient (Wildman–Crippen LogP) is 2.61. The number of piperidine rings is 1. The van der Waals surface area contributed by atoms with Crippen LogP contribution in [0.25, 0.3) is 0 Å². The predicted molar refractivity (Wildman–Crippen MR) is 104 cm³/mol. The number of benzene rings is 1. The molecule has 4 amide bonds. The van der Waals surface area contributed by atoms with Gasteiger partial charge in [0, 0.05) is 30.7 Å². The fourth-order valence-corrected chi connectivity index (χ4v) is 3.84. The summed E-state index contributed by atoms with van der Waals surface area (Å²) in [5.41, 5.74) is 0.0337. The number of carbonyl (C=O) groups is 4. The first-order valence-electron chi connectivity index (χ1n) is 9.98. The van der Waals surface area contributed by atoms with Gasteiger partial charge >= 0.3 is 12.1 Å². The molecule has 1 N–H and O–H groups in total. The van der Waals surface area contributed by atoms with Crippen LogP contribution in [0.2, 0.25) is 0 Å². The van der Waals surface area contributed by atoms with Gasteiger partial charge in [-0.05, 0) is 57.7 Å². The second kappa shape index (κ2) is 7.97. The molecule has 10 heteroatoms. The van der Waals surface area contributed by atoms with Crippen molar-refractivity contribution >= 4 is 23.6 Å². The molecule has 2 heterocycles. The number of amides is 4. The summed E-state index contributed by atoms with van der Waals surface area (Å²) in [4.78, 5) is 51.8. The zero-order valence-electron chi connectivity index (χ0n) is 17.5. The number of fused-ring (bicyclic) bond motifs is 1. The van der Waals surface area contributed by atoms with Crippen LogP contribution in [0, 0.1) is 5.92 Å². The van der Waals surface area contributed by atoms with E-state index < -0.39 is 29.4 Å². The minimum Gasteiger partial charge on any atom is -0.348 e. The van der Waals surface area contributed by atoms with Crippen LogP contribution in [0.3, 0.4) is 0 Å². The number of rotatable bonds is 3. The van der Waals surface area contributed by atoms with Crippen molar-refractivity contribution < 1.29 is 32.3 Å². The van der Waals surface area contributed by atoms with Crippen LogP contribution >= 0.6 is 0 Å². The second-order valence-corrected chi connectivity index (χ2v) is 8.82. The molecule has 7 nitrogen and oxygen atoms in total. The Morgan fingerprint density at radius 3 is 2.16 bits per heavy atom. The van der Waals surface area contributed by atoms with E-state index in [1.54, 1.807) is 25.7 Å². The standard InChI is InChI=1S/C21H24F3N3O4/c1-20(2,3)27-17(29)14-5-4-13(10-15(14)18(27)30)16(28)26-8-6-12(7-9-26)11-25-19(31)21(22,23)24/h4-5,10,12H,6-9,11H2,1-3H3,(H,25,31). The molecule has 0 bridgehead atoms. The number of nitrogens with one attached hydrogen (secondary N) is 1. The fraction of sp³-hybridized carbons (Fsp3) is 0.524. The van der Waals surface area contributed by atoms with E-state index in [0.29, 0.717) is 25.9 Å². The van der Waals surface area contributed by atoms with Crippen molar-refractivity contribution in [3.8, 4) is 0 Å². The van der Waals surface area contributed by atoms with E-state index in [-0.39, 0.29) is 35.1 Å². The lowest BCUT2D eigenvalue weighted by molar-refractivity contribution is -0.173. The first-order chi connectivity index (χ1) is 14.3. The normalized spacial score (nSPS) is 17.7. The number of imide groups is 1. The lowest BCUT2D eigenvalue weighted by Crippen LogP contribution is -2.45. The highest BCUT2D eigenvalue weighted by molar-refractivity contribution is 6.22. The van der Waals surface area contributed by atoms with Gasteiger partial charge in [-0.2, -0.15) is 13.2 Å². The third kappa shape index (κ3) is 4.57. The lowest BCUT2D eigenvalue weighted by atomic mass is 9.96. The first-order valence-corrected chi connectivity index (χ1v) is 9.98. The summed E-state index contributed by atoms with van der Waals surface area (Å²) >= 11 is 0. The van der Waals surface area contributed by atoms with E-state index in [2.05, 4.69) is 0 Å². The first kappa shape index (κ1) is 22.8. The zero-order valence-corrected chi connectivity index (χ0v) is 17.5. The Labute approximate surface area is 177 Å². The highest BCUT2D eigenvalue weighted by Crippen LogP contribution is 2.30. The Morgan fingerprint density at radius 1 is 1.03 bits per heavy atom. The average Bonchev–Trinajstić information content (AvgIpc) is 2.95. The topological polar surface area (TPSA) is 86.8 Å². The Bertz CT molecular complexity index is 929. The second-order valence-electron chi connectivity index (χ2n) is 8.82. The molecular formula is C21H24F3N3O4. The number of hydrogen-bond acceptors (Lipinski definition) is 4. The minimum atomic E-state index is -4.91. The van der Waals surface area contributed by atoms with Gasteiger partial charge in [0.25, 0.3) is 17.7 Å². The molecule has 31 heavy (non-hydrogen) atoms. The molecule has 2 aliphatic rings. The van der Waals surface area contributed by atoms with Crippen molar-refractivity contribution in [2.45, 2.75) is 45.3 Å². The smallest absolute Gasteiger partial charge is 0.348 e. The molecule has 1 saturated heterocycles. The third-order valence-corrected chi connectivity index (χ3v) is 5.51. The molecule has 0 radical (unpaired) electrons. The lowest BCUT2D eigenvalue weighted by Gasteiger charge is -2.32. The van der Waals surface area contributed by atoms with E-state index in [1.165, 1.54) is 23.1 Å². The van der Waals surface area contributed by atoms with Crippen LogP contribution in [0.5, 0.6) is 0 Å². The number of hydrogen-bond donors (Lipinski definition) is 1. The summed E-state index contributed by atoms with van der Waals surface area (Å²) in [7, 11) is 0. The quantitative estimate of drug-likeness (QED) is 0.734. The van der Waals surface area contributed by atoms with Crippen molar-refractivity contribution in [1.82, 2.24) is 15.1 Å². The van der Waals surface area contributed by atoms with Crippen molar-refractivity contribution in [3.05, 3.63) is 34.9 Å². The van der Waals surface area contributed by atoms with Gasteiger partial charge in [-0.15, -0.1) is 0 Å². The molecule has 0 aliphatic carbocycles. The molecule has 0 spiro atoms. The average molecular weight is 439 g/mol. The number of nitrogens with zero attached hydrogens (tertiary/aromatic N) is 2. The summed E-state index contributed by atoms with van der Waals surface area (Å²) in [6, 6.07) is 4.42. The van der Waals surface area contributed by atoms with Crippen LogP contribution in [-0.2, 0) is 4.79 Å². The van der Waals surface area contributed by atoms with E-state index in [1.807, 2.05) is 5.32 Å². The van der Waals surface area contributed by atoms with Crippen molar-refractivity contribution in [1.29, 1.82) is 0 Å². The maximum Gasteiger partial charge on any atom is 0.471 e. The molecule has 0 atom stereocenters. The van der Waals surface area contributed by atoms with Crippen molar-refractivity contribution in [3.63, 3.8) is 0 Å². The van der Waals surface area contributed by atoms with E-state index in [9.17, 15) is 32.3 Å². The van der Waals surface area contributed by atoms with Crippen molar-refractivity contribution in [2.24, 2.45) is 5.92 Å². The van der Waals surface area contributed by atoms with Gasteiger partial charge in [-0.1, -0.05) is 0 Å². The van der Waals surface area contributed by atoms with Crippen LogP contribution < -0.4 is 5.32 Å². The van der Waals surface area contributed by atoms with Gasteiger partial charge in [-0.3, -0.25) is 24.1 Å². The highest BCUT2D eigenvalue weighted by Gasteiger charge is 2.42. The summed E-state index contributed by atoms with van der Waals surface area (Å²) < 4.78 is 36.8. The molecule has 2 aliphatic heterocycles. The Hall–Kier alpha value is -2.91. The van der Waals surface area contributed by atoms with Gasteiger partial charge in [0.1, 0.15) is 0 Å². The molecule has 0 unspecified atom stereocenters. The highest BCUT2D eigenvalue weighted by atomic mass is 19.4. The van der Waals surface area contributed by atoms with Crippen LogP contribution in [0.1, 0.15) is 64.7 Å². The van der Waals surface area contributed by atoms with E-state index in [0.717, 1.165) is 0 Å². The molecule has 1 aromatic rings. The SMILES string of the molecule is CC(C)(C)N1C(=O)c2ccc(C(=O)N3CCC(CNC(=O)C(F)(F)F)CC3)cc2C1=O. The molecule has 1 fully saturated rings. The largest absolute Gasteiger partial charge is 0.471 e. The number of carbonyl (C=O) groups excluding carboxylic acids is 4. The molecule has 0 aromatic heterocycles. The number of halogens is 3. The van der Waals surface area contributed by atoms with Crippen LogP contribution in [-0.4, -0.2) is 64.8 Å². The van der Waals surface area contributed by atoms with E-state index >= 15 is 0 Å². The maximum atomic E-state index is 12.9. The fourth-order valence-electron chi connectivity index (χ4n) is 3.84. The van der Waals surface area contributed by atoms with Crippen molar-refractivity contribution in [2.75, 3.05) is 19.6 Å². The van der Waals surface area contributed by atoms with Crippen LogP contribution in [0.15, 0.2) is 18.2 Å². The third-order valence-electron chi connectivity index (χ3n) is 5.51.